The van der Waals surface area contributed by atoms with Gasteiger partial charge in [0.05, 0.1) is 16.6 Å². The lowest BCUT2D eigenvalue weighted by atomic mass is 9.94. The van der Waals surface area contributed by atoms with Crippen molar-refractivity contribution in [1.82, 2.24) is 14.0 Å². The fourth-order valence-corrected chi connectivity index (χ4v) is 6.70. The second-order valence-electron chi connectivity index (χ2n) is 10.8. The van der Waals surface area contributed by atoms with Gasteiger partial charge in [-0.2, -0.15) is 0 Å². The molecule has 5 aromatic carbocycles. The van der Waals surface area contributed by atoms with Crippen LogP contribution < -0.4 is 11.1 Å². The van der Waals surface area contributed by atoms with E-state index in [1.54, 1.807) is 12.1 Å². The number of rotatable bonds is 2. The van der Waals surface area contributed by atoms with Crippen molar-refractivity contribution in [2.45, 2.75) is 0 Å². The van der Waals surface area contributed by atoms with E-state index in [2.05, 4.69) is 70.2 Å². The van der Waals surface area contributed by atoms with Crippen LogP contribution in [0.4, 0.5) is 0 Å². The molecular weight excluding hydrogens is 518 g/mol. The SMILES string of the molecule is O=c1c2ccccc2c2cc(-c3ccc4c(c3)c3cnccc3n4-c3ccccc3)cc3c4ccccc4c(=O)n1c23. The number of benzene rings is 5. The van der Waals surface area contributed by atoms with E-state index in [4.69, 9.17) is 0 Å². The molecule has 0 aliphatic rings. The molecule has 5 heteroatoms. The highest BCUT2D eigenvalue weighted by atomic mass is 16.2. The molecule has 4 aromatic heterocycles. The van der Waals surface area contributed by atoms with Crippen LogP contribution in [0, 0.1) is 0 Å². The Morgan fingerprint density at radius 2 is 1.05 bits per heavy atom. The highest BCUT2D eigenvalue weighted by Crippen LogP contribution is 2.38. The maximum atomic E-state index is 13.7. The molecule has 42 heavy (non-hydrogen) atoms. The molecule has 0 spiro atoms. The van der Waals surface area contributed by atoms with Crippen LogP contribution in [0.3, 0.4) is 0 Å². The van der Waals surface area contributed by atoms with Gasteiger partial charge in [-0.15, -0.1) is 0 Å². The van der Waals surface area contributed by atoms with Crippen LogP contribution in [0.2, 0.25) is 0 Å². The first-order chi connectivity index (χ1) is 20.7. The number of fused-ring (bicyclic) bond motifs is 7. The summed E-state index contributed by atoms with van der Waals surface area (Å²) in [6.45, 7) is 0. The molecule has 0 bridgehead atoms. The maximum absolute atomic E-state index is 13.7. The fraction of sp³-hybridized carbons (Fsp3) is 0. The average molecular weight is 540 g/mol. The first-order valence-corrected chi connectivity index (χ1v) is 13.9. The number of hydrogen-bond donors (Lipinski definition) is 0. The van der Waals surface area contributed by atoms with Gasteiger partial charge in [0.2, 0.25) is 0 Å². The average Bonchev–Trinajstić information content (AvgIpc) is 3.38. The highest BCUT2D eigenvalue weighted by Gasteiger charge is 2.19. The Hall–Kier alpha value is -5.81. The second-order valence-corrected chi connectivity index (χ2v) is 10.8. The highest BCUT2D eigenvalue weighted by molar-refractivity contribution is 6.19. The van der Waals surface area contributed by atoms with Gasteiger partial charge in [0.25, 0.3) is 11.1 Å². The van der Waals surface area contributed by atoms with E-state index < -0.39 is 0 Å². The van der Waals surface area contributed by atoms with Crippen LogP contribution in [-0.2, 0) is 0 Å². The van der Waals surface area contributed by atoms with Crippen LogP contribution in [0.25, 0.3) is 76.5 Å². The predicted molar refractivity (Wildman–Crippen MR) is 171 cm³/mol. The fourth-order valence-electron chi connectivity index (χ4n) is 6.70. The van der Waals surface area contributed by atoms with Gasteiger partial charge in [-0.25, -0.2) is 4.40 Å². The summed E-state index contributed by atoms with van der Waals surface area (Å²) < 4.78 is 3.63. The summed E-state index contributed by atoms with van der Waals surface area (Å²) in [5.74, 6) is 0. The Balaban J connectivity index is 1.42. The minimum atomic E-state index is -0.283. The molecule has 0 atom stereocenters. The van der Waals surface area contributed by atoms with E-state index in [1.807, 2.05) is 54.9 Å². The number of pyridine rings is 3. The molecule has 4 heterocycles. The Labute approximate surface area is 238 Å². The topological polar surface area (TPSA) is 56.4 Å². The van der Waals surface area contributed by atoms with Gasteiger partial charge in [-0.1, -0.05) is 60.7 Å². The number of para-hydroxylation sites is 1. The van der Waals surface area contributed by atoms with Gasteiger partial charge in [0.1, 0.15) is 0 Å². The van der Waals surface area contributed by atoms with Crippen molar-refractivity contribution in [2.75, 3.05) is 0 Å². The lowest BCUT2D eigenvalue weighted by molar-refractivity contribution is 1.09. The van der Waals surface area contributed by atoms with E-state index in [9.17, 15) is 9.59 Å². The Kier molecular flexibility index (Phi) is 4.56. The third-order valence-electron chi connectivity index (χ3n) is 8.55. The lowest BCUT2D eigenvalue weighted by Gasteiger charge is -2.15. The zero-order chi connectivity index (χ0) is 27.9. The number of aromatic nitrogens is 3. The van der Waals surface area contributed by atoms with Crippen molar-refractivity contribution < 1.29 is 0 Å². The molecule has 9 rings (SSSR count). The van der Waals surface area contributed by atoms with Gasteiger partial charge in [0.15, 0.2) is 0 Å². The second kappa shape index (κ2) is 8.35. The normalized spacial score (nSPS) is 12.0. The summed E-state index contributed by atoms with van der Waals surface area (Å²) >= 11 is 0. The van der Waals surface area contributed by atoms with Crippen molar-refractivity contribution in [2.24, 2.45) is 0 Å². The molecule has 0 amide bonds. The van der Waals surface area contributed by atoms with Crippen LogP contribution in [-0.4, -0.2) is 14.0 Å². The predicted octanol–water partition coefficient (Wildman–Crippen LogP) is 7.72. The first-order valence-electron chi connectivity index (χ1n) is 13.9. The van der Waals surface area contributed by atoms with Crippen molar-refractivity contribution in [3.8, 4) is 16.8 Å². The van der Waals surface area contributed by atoms with Gasteiger partial charge in [-0.05, 0) is 76.5 Å². The molecular formula is C37H21N3O2. The van der Waals surface area contributed by atoms with Crippen molar-refractivity contribution in [3.63, 3.8) is 0 Å². The van der Waals surface area contributed by atoms with Crippen LogP contribution in [0.1, 0.15) is 0 Å². The minimum Gasteiger partial charge on any atom is -0.309 e. The molecule has 0 fully saturated rings. The molecule has 0 saturated carbocycles. The standard InChI is InChI=1S/C37H21N3O2/c41-36-27-12-6-4-10-25(27)30-19-23(20-31-26-11-5-7-13-28(26)37(42)40(36)35(30)31)22-14-15-33-29(18-22)32-21-38-17-16-34(32)39(33)24-8-2-1-3-9-24/h1-21H. The summed E-state index contributed by atoms with van der Waals surface area (Å²) in [6.07, 6.45) is 3.76. The zero-order valence-electron chi connectivity index (χ0n) is 22.3. The van der Waals surface area contributed by atoms with Crippen LogP contribution >= 0.6 is 0 Å². The third kappa shape index (κ3) is 2.99. The van der Waals surface area contributed by atoms with Crippen LogP contribution in [0.5, 0.6) is 0 Å². The van der Waals surface area contributed by atoms with Crippen molar-refractivity contribution >= 4 is 59.6 Å². The number of nitrogens with zero attached hydrogens (tertiary/aromatic N) is 3. The number of hydrogen-bond acceptors (Lipinski definition) is 3. The Morgan fingerprint density at radius 1 is 0.476 bits per heavy atom. The first kappa shape index (κ1) is 22.9. The molecule has 0 N–H and O–H groups in total. The summed E-state index contributed by atoms with van der Waals surface area (Å²) in [6, 6.07) is 38.3. The van der Waals surface area contributed by atoms with E-state index in [0.717, 1.165) is 60.2 Å². The van der Waals surface area contributed by atoms with Crippen molar-refractivity contribution in [3.05, 3.63) is 148 Å². The Bertz CT molecular complexity index is 2570. The van der Waals surface area contributed by atoms with Crippen LogP contribution in [0.15, 0.2) is 137 Å². The maximum Gasteiger partial charge on any atom is 0.266 e. The molecule has 0 saturated heterocycles. The molecule has 196 valence electrons. The summed E-state index contributed by atoms with van der Waals surface area (Å²) in [5.41, 5.74) is 5.46. The molecule has 0 aliphatic heterocycles. The summed E-state index contributed by atoms with van der Waals surface area (Å²) in [4.78, 5) is 31.8. The monoisotopic (exact) mass is 539 g/mol. The molecule has 0 aliphatic carbocycles. The minimum absolute atomic E-state index is 0.283. The quantitative estimate of drug-likeness (QED) is 0.167. The Morgan fingerprint density at radius 3 is 1.71 bits per heavy atom. The summed E-state index contributed by atoms with van der Waals surface area (Å²) in [5, 5.41) is 6.71. The lowest BCUT2D eigenvalue weighted by Crippen LogP contribution is -2.27. The van der Waals surface area contributed by atoms with Gasteiger partial charge in [-0.3, -0.25) is 14.6 Å². The van der Waals surface area contributed by atoms with E-state index in [0.29, 0.717) is 16.3 Å². The summed E-state index contributed by atoms with van der Waals surface area (Å²) in [7, 11) is 0. The molecule has 5 nitrogen and oxygen atoms in total. The largest absolute Gasteiger partial charge is 0.309 e. The van der Waals surface area contributed by atoms with E-state index in [1.165, 1.54) is 4.40 Å². The van der Waals surface area contributed by atoms with Gasteiger partial charge in [0, 0.05) is 50.4 Å². The van der Waals surface area contributed by atoms with E-state index in [-0.39, 0.29) is 11.1 Å². The molecule has 0 radical (unpaired) electrons. The smallest absolute Gasteiger partial charge is 0.266 e. The van der Waals surface area contributed by atoms with Gasteiger partial charge >= 0.3 is 0 Å². The third-order valence-corrected chi connectivity index (χ3v) is 8.55. The molecule has 0 unspecified atom stereocenters. The molecule has 9 aromatic rings. The van der Waals surface area contributed by atoms with E-state index >= 15 is 0 Å². The van der Waals surface area contributed by atoms with Crippen molar-refractivity contribution in [1.29, 1.82) is 0 Å². The zero-order valence-corrected chi connectivity index (χ0v) is 22.3. The van der Waals surface area contributed by atoms with Gasteiger partial charge < -0.3 is 4.57 Å².